The lowest BCUT2D eigenvalue weighted by atomic mass is 9.95. The van der Waals surface area contributed by atoms with E-state index >= 15 is 0 Å². The molecular formula is C68H43NSSi. The number of rotatable bonds is 6. The van der Waals surface area contributed by atoms with E-state index in [4.69, 9.17) is 0 Å². The van der Waals surface area contributed by atoms with Gasteiger partial charge >= 0.3 is 0 Å². The number of nitrogens with zero attached hydrogens (tertiary/aromatic N) is 1. The monoisotopic (exact) mass is 933 g/mol. The predicted octanol–water partition coefficient (Wildman–Crippen LogP) is 16.9. The zero-order valence-corrected chi connectivity index (χ0v) is 41.0. The molecule has 0 aliphatic carbocycles. The van der Waals surface area contributed by atoms with Crippen LogP contribution in [0.1, 0.15) is 0 Å². The Kier molecular flexibility index (Phi) is 9.07. The highest BCUT2D eigenvalue weighted by Crippen LogP contribution is 2.41. The number of benzene rings is 12. The summed E-state index contributed by atoms with van der Waals surface area (Å²) >= 11 is 1.88. The Labute approximate surface area is 418 Å². The quantitative estimate of drug-likeness (QED) is 0.146. The third kappa shape index (κ3) is 6.58. The first-order chi connectivity index (χ1) is 35.1. The smallest absolute Gasteiger partial charge is 0.0892 e. The average Bonchev–Trinajstić information content (AvgIpc) is 4.11. The summed E-state index contributed by atoms with van der Waals surface area (Å²) in [7, 11) is -0.727. The number of hydrogen-bond acceptors (Lipinski definition) is 1. The molecule has 1 nitrogen and oxygen atoms in total. The summed E-state index contributed by atoms with van der Waals surface area (Å²) in [5.74, 6) is 0. The first-order valence-electron chi connectivity index (χ1n) is 24.6. The highest BCUT2D eigenvalue weighted by atomic mass is 32.1. The Balaban J connectivity index is 0.821. The summed E-state index contributed by atoms with van der Waals surface area (Å²) in [6.45, 7) is 0. The van der Waals surface area contributed by atoms with Crippen LogP contribution < -0.4 is 10.4 Å². The minimum absolute atomic E-state index is 0.727. The Morgan fingerprint density at radius 3 is 1.34 bits per heavy atom. The molecule has 2 aromatic heterocycles. The second kappa shape index (κ2) is 16.0. The van der Waals surface area contributed by atoms with Gasteiger partial charge in [-0.2, -0.15) is 0 Å². The van der Waals surface area contributed by atoms with Crippen LogP contribution in [-0.2, 0) is 0 Å². The second-order valence-electron chi connectivity index (χ2n) is 19.2. The van der Waals surface area contributed by atoms with E-state index in [-0.39, 0.29) is 0 Å². The standard InChI is InChI=1S/C68H43NSSi/c1-3-13-53-44(9-1)11-7-16-55(53)46-23-19-42(20-24-46)48-28-34-63-60(37-48)61-38-49(43-21-25-47(26-22-43)56-17-8-12-45-10-2-4-14-54(45)56)29-35-64(61)69(63)52-31-33-59-58-32-27-51(40-67(58)71-68(59)41-52)50-30-36-66-62(39-50)57-15-5-6-18-65(57)70-66/h1-41H,71H2. The fourth-order valence-electron chi connectivity index (χ4n) is 11.7. The minimum Gasteiger partial charge on any atom is -0.309 e. The van der Waals surface area contributed by atoms with Crippen LogP contribution in [-0.4, -0.2) is 14.1 Å². The van der Waals surface area contributed by atoms with Crippen molar-refractivity contribution in [1.82, 2.24) is 4.57 Å². The van der Waals surface area contributed by atoms with Gasteiger partial charge in [0.05, 0.1) is 20.6 Å². The zero-order chi connectivity index (χ0) is 46.6. The molecule has 0 bridgehead atoms. The maximum absolute atomic E-state index is 2.51. The van der Waals surface area contributed by atoms with E-state index in [0.29, 0.717) is 0 Å². The van der Waals surface area contributed by atoms with Gasteiger partial charge in [0.15, 0.2) is 0 Å². The largest absolute Gasteiger partial charge is 0.309 e. The van der Waals surface area contributed by atoms with E-state index in [1.165, 1.54) is 146 Å². The highest BCUT2D eigenvalue weighted by Gasteiger charge is 2.22. The van der Waals surface area contributed by atoms with E-state index in [0.717, 1.165) is 0 Å². The van der Waals surface area contributed by atoms with Gasteiger partial charge in [0.25, 0.3) is 0 Å². The number of aromatic nitrogens is 1. The molecule has 14 aromatic rings. The van der Waals surface area contributed by atoms with Crippen molar-refractivity contribution >= 4 is 94.8 Å². The van der Waals surface area contributed by atoms with Gasteiger partial charge in [-0.3, -0.25) is 0 Å². The van der Waals surface area contributed by atoms with E-state index < -0.39 is 9.52 Å². The molecule has 0 fully saturated rings. The van der Waals surface area contributed by atoms with Gasteiger partial charge in [-0.15, -0.1) is 11.3 Å². The molecule has 15 rings (SSSR count). The summed E-state index contributed by atoms with van der Waals surface area (Å²) in [4.78, 5) is 0. The predicted molar refractivity (Wildman–Crippen MR) is 309 cm³/mol. The first-order valence-corrected chi connectivity index (χ1v) is 26.8. The fourth-order valence-corrected chi connectivity index (χ4v) is 14.8. The molecule has 71 heavy (non-hydrogen) atoms. The molecule has 1 aliphatic heterocycles. The molecule has 1 aliphatic rings. The molecule has 3 heteroatoms. The molecule has 0 N–H and O–H groups in total. The lowest BCUT2D eigenvalue weighted by Crippen LogP contribution is -2.21. The third-order valence-corrected chi connectivity index (χ3v) is 18.3. The molecular weight excluding hydrogens is 891 g/mol. The van der Waals surface area contributed by atoms with Crippen molar-refractivity contribution in [3.05, 3.63) is 249 Å². The lowest BCUT2D eigenvalue weighted by Gasteiger charge is -2.12. The van der Waals surface area contributed by atoms with Crippen molar-refractivity contribution in [3.8, 4) is 72.4 Å². The van der Waals surface area contributed by atoms with Gasteiger partial charge in [0.2, 0.25) is 0 Å². The average molecular weight is 934 g/mol. The minimum atomic E-state index is -0.727. The number of thiophene rings is 1. The highest BCUT2D eigenvalue weighted by molar-refractivity contribution is 7.25. The maximum atomic E-state index is 2.51. The summed E-state index contributed by atoms with van der Waals surface area (Å²) < 4.78 is 5.21. The lowest BCUT2D eigenvalue weighted by molar-refractivity contribution is 1.18. The van der Waals surface area contributed by atoms with Gasteiger partial charge in [-0.05, 0) is 143 Å². The molecule has 0 radical (unpaired) electrons. The van der Waals surface area contributed by atoms with Crippen molar-refractivity contribution in [2.75, 3.05) is 0 Å². The van der Waals surface area contributed by atoms with E-state index in [1.807, 2.05) is 11.3 Å². The summed E-state index contributed by atoms with van der Waals surface area (Å²) in [5.41, 5.74) is 18.9. The van der Waals surface area contributed by atoms with Crippen molar-refractivity contribution in [2.24, 2.45) is 0 Å². The van der Waals surface area contributed by atoms with Gasteiger partial charge in [-0.25, -0.2) is 0 Å². The second-order valence-corrected chi connectivity index (χ2v) is 22.2. The molecule has 0 saturated carbocycles. The summed E-state index contributed by atoms with van der Waals surface area (Å²) in [6.07, 6.45) is 0. The van der Waals surface area contributed by atoms with E-state index in [1.54, 1.807) is 0 Å². The Hall–Kier alpha value is -8.60. The fraction of sp³-hybridized carbons (Fsp3) is 0. The molecule has 0 atom stereocenters. The SMILES string of the molecule is c1ccc2c(-c3ccc(-c4ccc5c(c4)c4cc(-c6ccc(-c7cccc8ccccc78)cc6)ccc4n5-c4ccc5c(c4)[SiH2]c4cc(-c6ccc7sc8ccccc8c7c6)ccc4-5)cc3)cccc2c1. The first kappa shape index (κ1) is 40.3. The van der Waals surface area contributed by atoms with Crippen LogP contribution in [0, 0.1) is 0 Å². The van der Waals surface area contributed by atoms with Gasteiger partial charge in [-0.1, -0.05) is 204 Å². The Bertz CT molecular complexity index is 4290. The van der Waals surface area contributed by atoms with Gasteiger partial charge in [0, 0.05) is 36.6 Å². The van der Waals surface area contributed by atoms with Crippen molar-refractivity contribution < 1.29 is 0 Å². The van der Waals surface area contributed by atoms with Gasteiger partial charge in [0.1, 0.15) is 0 Å². The molecule has 330 valence electrons. The van der Waals surface area contributed by atoms with Crippen LogP contribution in [0.5, 0.6) is 0 Å². The van der Waals surface area contributed by atoms with Crippen LogP contribution in [0.3, 0.4) is 0 Å². The molecule has 0 saturated heterocycles. The van der Waals surface area contributed by atoms with Crippen LogP contribution in [0.15, 0.2) is 249 Å². The molecule has 0 spiro atoms. The van der Waals surface area contributed by atoms with Crippen LogP contribution >= 0.6 is 11.3 Å². The number of hydrogen-bond donors (Lipinski definition) is 0. The zero-order valence-electron chi connectivity index (χ0n) is 38.7. The maximum Gasteiger partial charge on any atom is 0.0892 e. The topological polar surface area (TPSA) is 4.93 Å². The van der Waals surface area contributed by atoms with Crippen molar-refractivity contribution in [3.63, 3.8) is 0 Å². The van der Waals surface area contributed by atoms with Crippen LogP contribution in [0.4, 0.5) is 0 Å². The number of fused-ring (bicyclic) bond motifs is 11. The Morgan fingerprint density at radius 1 is 0.268 bits per heavy atom. The molecule has 0 unspecified atom stereocenters. The van der Waals surface area contributed by atoms with Crippen molar-refractivity contribution in [1.29, 1.82) is 0 Å². The van der Waals surface area contributed by atoms with Crippen LogP contribution in [0.2, 0.25) is 0 Å². The summed E-state index contributed by atoms with van der Waals surface area (Å²) in [6, 6.07) is 93.2. The van der Waals surface area contributed by atoms with E-state index in [2.05, 4.69) is 253 Å². The van der Waals surface area contributed by atoms with Crippen LogP contribution in [0.25, 0.3) is 136 Å². The van der Waals surface area contributed by atoms with Crippen molar-refractivity contribution in [2.45, 2.75) is 0 Å². The molecule has 0 amide bonds. The third-order valence-electron chi connectivity index (χ3n) is 15.2. The van der Waals surface area contributed by atoms with E-state index in [9.17, 15) is 0 Å². The Morgan fingerprint density at radius 2 is 0.704 bits per heavy atom. The summed E-state index contributed by atoms with van der Waals surface area (Å²) in [5, 5.41) is 13.3. The molecule has 3 heterocycles. The van der Waals surface area contributed by atoms with Gasteiger partial charge < -0.3 is 4.57 Å². The normalized spacial score (nSPS) is 12.5. The molecule has 12 aromatic carbocycles.